The first kappa shape index (κ1) is 11.4. The van der Waals surface area contributed by atoms with Crippen LogP contribution in [0.5, 0.6) is 0 Å². The number of rotatable bonds is 3. The zero-order valence-corrected chi connectivity index (χ0v) is 10.2. The largest absolute Gasteiger partial charge is 0.393 e. The average Bonchev–Trinajstić information content (AvgIpc) is 2.15. The van der Waals surface area contributed by atoms with Gasteiger partial charge < -0.3 is 10.0 Å². The number of nitrogens with zero attached hydrogens (tertiary/aromatic N) is 1. The minimum absolute atomic E-state index is 0.0463. The highest BCUT2D eigenvalue weighted by Gasteiger charge is 2.31. The summed E-state index contributed by atoms with van der Waals surface area (Å²) in [6, 6.07) is 0.620. The van der Waals surface area contributed by atoms with Crippen LogP contribution in [0.2, 0.25) is 0 Å². The Kier molecular flexibility index (Phi) is 3.68. The fourth-order valence-electron chi connectivity index (χ4n) is 3.11. The molecule has 2 rings (SSSR count). The monoisotopic (exact) mass is 211 g/mol. The van der Waals surface area contributed by atoms with Gasteiger partial charge in [-0.1, -0.05) is 13.3 Å². The molecule has 3 atom stereocenters. The van der Waals surface area contributed by atoms with Crippen LogP contribution in [-0.4, -0.2) is 35.7 Å². The van der Waals surface area contributed by atoms with Crippen molar-refractivity contribution >= 4 is 0 Å². The smallest absolute Gasteiger partial charge is 0.0555 e. The van der Waals surface area contributed by atoms with Crippen molar-refractivity contribution in [2.45, 2.75) is 57.6 Å². The minimum Gasteiger partial charge on any atom is -0.393 e. The maximum Gasteiger partial charge on any atom is 0.0555 e. The normalized spacial score (nSPS) is 38.0. The Bertz CT molecular complexity index is 203. The molecule has 0 radical (unpaired) electrons. The lowest BCUT2D eigenvalue weighted by atomic mass is 9.81. The van der Waals surface area contributed by atoms with E-state index in [0.717, 1.165) is 24.7 Å². The van der Waals surface area contributed by atoms with Crippen LogP contribution in [-0.2, 0) is 0 Å². The van der Waals surface area contributed by atoms with Crippen molar-refractivity contribution in [2.24, 2.45) is 11.8 Å². The van der Waals surface area contributed by atoms with E-state index in [9.17, 15) is 5.11 Å². The maximum atomic E-state index is 9.72. The molecule has 88 valence electrons. The van der Waals surface area contributed by atoms with Crippen molar-refractivity contribution in [2.75, 3.05) is 13.6 Å². The van der Waals surface area contributed by atoms with Crippen LogP contribution < -0.4 is 0 Å². The van der Waals surface area contributed by atoms with Crippen molar-refractivity contribution in [3.63, 3.8) is 0 Å². The zero-order chi connectivity index (χ0) is 10.8. The molecule has 0 saturated heterocycles. The highest BCUT2D eigenvalue weighted by Crippen LogP contribution is 2.31. The van der Waals surface area contributed by atoms with E-state index in [1.165, 1.54) is 32.2 Å². The summed E-state index contributed by atoms with van der Waals surface area (Å²) >= 11 is 0. The molecule has 0 heterocycles. The quantitative estimate of drug-likeness (QED) is 0.774. The van der Waals surface area contributed by atoms with Crippen LogP contribution in [0.4, 0.5) is 0 Å². The summed E-state index contributed by atoms with van der Waals surface area (Å²) in [5, 5.41) is 9.72. The van der Waals surface area contributed by atoms with E-state index in [2.05, 4.69) is 18.9 Å². The molecule has 0 aromatic rings. The molecule has 0 bridgehead atoms. The Morgan fingerprint density at radius 2 is 1.93 bits per heavy atom. The summed E-state index contributed by atoms with van der Waals surface area (Å²) in [5.41, 5.74) is 0. The van der Waals surface area contributed by atoms with E-state index in [1.807, 2.05) is 0 Å². The minimum atomic E-state index is -0.0463. The number of aliphatic hydroxyl groups excluding tert-OH is 1. The molecule has 3 unspecified atom stereocenters. The first-order valence-electron chi connectivity index (χ1n) is 6.55. The van der Waals surface area contributed by atoms with E-state index in [-0.39, 0.29) is 6.10 Å². The summed E-state index contributed by atoms with van der Waals surface area (Å²) < 4.78 is 0. The first-order valence-corrected chi connectivity index (χ1v) is 6.55. The molecule has 0 aliphatic heterocycles. The van der Waals surface area contributed by atoms with Gasteiger partial charge in [-0.15, -0.1) is 0 Å². The van der Waals surface area contributed by atoms with Gasteiger partial charge in [0.1, 0.15) is 0 Å². The van der Waals surface area contributed by atoms with Gasteiger partial charge >= 0.3 is 0 Å². The Hall–Kier alpha value is -0.0800. The third-order valence-corrected chi connectivity index (χ3v) is 4.46. The highest BCUT2D eigenvalue weighted by atomic mass is 16.3. The molecule has 2 aliphatic carbocycles. The molecule has 0 aromatic heterocycles. The predicted molar refractivity (Wildman–Crippen MR) is 62.8 cm³/mol. The highest BCUT2D eigenvalue weighted by molar-refractivity contribution is 4.85. The number of hydrogen-bond acceptors (Lipinski definition) is 2. The molecule has 15 heavy (non-hydrogen) atoms. The number of aliphatic hydroxyl groups is 1. The third kappa shape index (κ3) is 2.73. The first-order chi connectivity index (χ1) is 7.16. The summed E-state index contributed by atoms with van der Waals surface area (Å²) in [6.07, 6.45) is 7.43. The van der Waals surface area contributed by atoms with E-state index in [1.54, 1.807) is 0 Å². The lowest BCUT2D eigenvalue weighted by Crippen LogP contribution is -2.45. The van der Waals surface area contributed by atoms with E-state index < -0.39 is 0 Å². The van der Waals surface area contributed by atoms with Gasteiger partial charge in [-0.25, -0.2) is 0 Å². The molecule has 2 fully saturated rings. The molecular formula is C13H25NO. The molecule has 0 aromatic carbocycles. The van der Waals surface area contributed by atoms with Crippen molar-refractivity contribution in [3.8, 4) is 0 Å². The van der Waals surface area contributed by atoms with Crippen LogP contribution in [0.25, 0.3) is 0 Å². The fraction of sp³-hybridized carbons (Fsp3) is 1.00. The van der Waals surface area contributed by atoms with Crippen molar-refractivity contribution < 1.29 is 5.11 Å². The van der Waals surface area contributed by atoms with E-state index >= 15 is 0 Å². The van der Waals surface area contributed by atoms with Crippen LogP contribution in [0.3, 0.4) is 0 Å². The van der Waals surface area contributed by atoms with Gasteiger partial charge in [-0.2, -0.15) is 0 Å². The maximum absolute atomic E-state index is 9.72. The van der Waals surface area contributed by atoms with Gasteiger partial charge in [0.15, 0.2) is 0 Å². The van der Waals surface area contributed by atoms with Crippen LogP contribution in [0.15, 0.2) is 0 Å². The van der Waals surface area contributed by atoms with Crippen LogP contribution in [0, 0.1) is 11.8 Å². The fourth-order valence-corrected chi connectivity index (χ4v) is 3.11. The summed E-state index contributed by atoms with van der Waals surface area (Å²) in [6.45, 7) is 3.59. The third-order valence-electron chi connectivity index (χ3n) is 4.46. The van der Waals surface area contributed by atoms with Crippen LogP contribution in [0.1, 0.15) is 45.4 Å². The van der Waals surface area contributed by atoms with Gasteiger partial charge in [0.2, 0.25) is 0 Å². The lowest BCUT2D eigenvalue weighted by Gasteiger charge is -2.41. The molecule has 0 spiro atoms. The Balaban J connectivity index is 1.83. The average molecular weight is 211 g/mol. The topological polar surface area (TPSA) is 23.5 Å². The van der Waals surface area contributed by atoms with E-state index in [4.69, 9.17) is 0 Å². The molecule has 2 heteroatoms. The molecule has 1 N–H and O–H groups in total. The molecule has 0 amide bonds. The van der Waals surface area contributed by atoms with Crippen molar-refractivity contribution in [1.29, 1.82) is 0 Å². The van der Waals surface area contributed by atoms with Crippen molar-refractivity contribution in [3.05, 3.63) is 0 Å². The lowest BCUT2D eigenvalue weighted by molar-refractivity contribution is 0.0315. The van der Waals surface area contributed by atoms with E-state index in [0.29, 0.717) is 6.04 Å². The van der Waals surface area contributed by atoms with Gasteiger partial charge in [0.05, 0.1) is 6.10 Å². The van der Waals surface area contributed by atoms with Crippen molar-refractivity contribution in [1.82, 2.24) is 4.90 Å². The zero-order valence-electron chi connectivity index (χ0n) is 10.2. The summed E-state index contributed by atoms with van der Waals surface area (Å²) in [5.74, 6) is 1.71. The SMILES string of the molecule is CC1CCC(O)CC1N(C)CC1CCC1. The molecule has 2 aliphatic rings. The second-order valence-corrected chi connectivity index (χ2v) is 5.75. The second-order valence-electron chi connectivity index (χ2n) is 5.75. The standard InChI is InChI=1S/C13H25NO/c1-10-6-7-12(15)8-13(10)14(2)9-11-4-3-5-11/h10-13,15H,3-9H2,1-2H3. The Morgan fingerprint density at radius 1 is 1.20 bits per heavy atom. The summed E-state index contributed by atoms with van der Waals surface area (Å²) in [4.78, 5) is 2.51. The van der Waals surface area contributed by atoms with Gasteiger partial charge in [-0.3, -0.25) is 0 Å². The Labute approximate surface area is 93.7 Å². The molecule has 2 nitrogen and oxygen atoms in total. The molecule has 2 saturated carbocycles. The van der Waals surface area contributed by atoms with Gasteiger partial charge in [0, 0.05) is 12.6 Å². The van der Waals surface area contributed by atoms with Gasteiger partial charge in [-0.05, 0) is 51.0 Å². The van der Waals surface area contributed by atoms with Crippen LogP contribution >= 0.6 is 0 Å². The summed E-state index contributed by atoms with van der Waals surface area (Å²) in [7, 11) is 2.25. The number of hydrogen-bond donors (Lipinski definition) is 1. The molecular weight excluding hydrogens is 186 g/mol. The Morgan fingerprint density at radius 3 is 2.53 bits per heavy atom. The van der Waals surface area contributed by atoms with Gasteiger partial charge in [0.25, 0.3) is 0 Å². The second kappa shape index (κ2) is 4.84. The predicted octanol–water partition coefficient (Wildman–Crippen LogP) is 2.27.